The molecule has 0 spiro atoms. The fourth-order valence-corrected chi connectivity index (χ4v) is 3.58. The maximum absolute atomic E-state index is 12.2. The number of aromatic amines is 1. The minimum Gasteiger partial charge on any atom is -0.355 e. The van der Waals surface area contributed by atoms with E-state index in [0.717, 1.165) is 21.7 Å². The molecule has 3 rings (SSSR count). The second-order valence-electron chi connectivity index (χ2n) is 5.40. The molecule has 0 radical (unpaired) electrons. The summed E-state index contributed by atoms with van der Waals surface area (Å²) in [5.74, 6) is 0.746. The van der Waals surface area contributed by atoms with Crippen LogP contribution in [0.15, 0.2) is 4.79 Å². The second-order valence-corrected chi connectivity index (χ2v) is 6.60. The van der Waals surface area contributed by atoms with Crippen molar-refractivity contribution in [2.45, 2.75) is 39.3 Å². The number of thiophene rings is 1. The van der Waals surface area contributed by atoms with Crippen molar-refractivity contribution in [1.29, 1.82) is 0 Å². The molecule has 6 nitrogen and oxygen atoms in total. The molecule has 1 fully saturated rings. The van der Waals surface area contributed by atoms with Crippen LogP contribution in [0.2, 0.25) is 0 Å². The van der Waals surface area contributed by atoms with E-state index in [-0.39, 0.29) is 17.5 Å². The van der Waals surface area contributed by atoms with E-state index in [1.165, 1.54) is 0 Å². The Morgan fingerprint density at radius 3 is 2.90 bits per heavy atom. The first-order valence-electron chi connectivity index (χ1n) is 7.03. The van der Waals surface area contributed by atoms with Gasteiger partial charge in [-0.25, -0.2) is 4.98 Å². The van der Waals surface area contributed by atoms with Crippen LogP contribution in [0.3, 0.4) is 0 Å². The van der Waals surface area contributed by atoms with Gasteiger partial charge >= 0.3 is 0 Å². The Kier molecular flexibility index (Phi) is 3.77. The molecule has 1 atom stereocenters. The molecule has 1 aliphatic rings. The number of H-pyrrole nitrogens is 1. The quantitative estimate of drug-likeness (QED) is 0.788. The maximum Gasteiger partial charge on any atom is 0.259 e. The van der Waals surface area contributed by atoms with Crippen molar-refractivity contribution < 1.29 is 4.79 Å². The number of aromatic nitrogens is 2. The first-order valence-corrected chi connectivity index (χ1v) is 7.85. The zero-order valence-corrected chi connectivity index (χ0v) is 12.9. The molecule has 112 valence electrons. The molecule has 0 bridgehead atoms. The van der Waals surface area contributed by atoms with Crippen LogP contribution < -0.4 is 16.2 Å². The number of carbonyl (C=O) groups is 1. The van der Waals surface area contributed by atoms with Crippen LogP contribution >= 0.6 is 11.3 Å². The van der Waals surface area contributed by atoms with Gasteiger partial charge in [0.2, 0.25) is 5.91 Å². The zero-order valence-electron chi connectivity index (χ0n) is 12.1. The summed E-state index contributed by atoms with van der Waals surface area (Å²) >= 11 is 1.55. The molecule has 3 N–H and O–H groups in total. The van der Waals surface area contributed by atoms with Gasteiger partial charge in [0.25, 0.3) is 5.56 Å². The number of piperidine rings is 1. The predicted octanol–water partition coefficient (Wildman–Crippen LogP) is 0.970. The standard InChI is InChI=1S/C14H18N4O2S/c1-7-8(2)21-14-12(7)13(20)17-10(18-14)6-15-9-3-4-11(19)16-5-9/h9,15H,3-6H2,1-2H3,(H,16,19)(H,17,18,20). The SMILES string of the molecule is Cc1sc2nc(CNC3CCC(=O)NC3)[nH]c(=O)c2c1C. The number of amides is 1. The highest BCUT2D eigenvalue weighted by Crippen LogP contribution is 2.25. The molecule has 0 saturated carbocycles. The number of fused-ring (bicyclic) bond motifs is 1. The third-order valence-corrected chi connectivity index (χ3v) is 5.01. The van der Waals surface area contributed by atoms with Gasteiger partial charge in [-0.05, 0) is 25.8 Å². The van der Waals surface area contributed by atoms with Crippen LogP contribution in [0.5, 0.6) is 0 Å². The number of hydrogen-bond acceptors (Lipinski definition) is 5. The van der Waals surface area contributed by atoms with Crippen LogP contribution in [-0.2, 0) is 11.3 Å². The van der Waals surface area contributed by atoms with E-state index in [0.29, 0.717) is 30.7 Å². The summed E-state index contributed by atoms with van der Waals surface area (Å²) in [5.41, 5.74) is 0.939. The van der Waals surface area contributed by atoms with Crippen molar-refractivity contribution in [2.24, 2.45) is 0 Å². The Morgan fingerprint density at radius 2 is 2.19 bits per heavy atom. The molecule has 3 heterocycles. The van der Waals surface area contributed by atoms with Crippen molar-refractivity contribution >= 4 is 27.5 Å². The van der Waals surface area contributed by atoms with Crippen LogP contribution in [-0.4, -0.2) is 28.5 Å². The van der Waals surface area contributed by atoms with Crippen molar-refractivity contribution in [3.8, 4) is 0 Å². The molecule has 0 aliphatic carbocycles. The summed E-state index contributed by atoms with van der Waals surface area (Å²) in [4.78, 5) is 32.6. The van der Waals surface area contributed by atoms with E-state index in [2.05, 4.69) is 20.6 Å². The second kappa shape index (κ2) is 5.57. The van der Waals surface area contributed by atoms with E-state index in [1.807, 2.05) is 13.8 Å². The van der Waals surface area contributed by atoms with Crippen molar-refractivity contribution in [3.63, 3.8) is 0 Å². The molecule has 2 aromatic heterocycles. The molecule has 1 aliphatic heterocycles. The normalized spacial score (nSPS) is 19.0. The minimum absolute atomic E-state index is 0.0735. The number of rotatable bonds is 3. The Morgan fingerprint density at radius 1 is 1.38 bits per heavy atom. The highest BCUT2D eigenvalue weighted by Gasteiger charge is 2.18. The van der Waals surface area contributed by atoms with Crippen molar-refractivity contribution in [3.05, 3.63) is 26.6 Å². The molecule has 21 heavy (non-hydrogen) atoms. The van der Waals surface area contributed by atoms with Gasteiger partial charge in [0.05, 0.1) is 11.9 Å². The average Bonchev–Trinajstić information content (AvgIpc) is 2.74. The van der Waals surface area contributed by atoms with Gasteiger partial charge in [0, 0.05) is 23.9 Å². The zero-order chi connectivity index (χ0) is 15.0. The monoisotopic (exact) mass is 306 g/mol. The van der Waals surface area contributed by atoms with Crippen LogP contribution in [0, 0.1) is 13.8 Å². The third-order valence-electron chi connectivity index (χ3n) is 3.91. The number of carbonyl (C=O) groups excluding carboxylic acids is 1. The van der Waals surface area contributed by atoms with E-state index >= 15 is 0 Å². The Bertz CT molecular complexity index is 739. The Hall–Kier alpha value is -1.73. The number of hydrogen-bond donors (Lipinski definition) is 3. The summed E-state index contributed by atoms with van der Waals surface area (Å²) in [7, 11) is 0. The molecule has 2 aromatic rings. The van der Waals surface area contributed by atoms with E-state index in [1.54, 1.807) is 11.3 Å². The molecule has 1 unspecified atom stereocenters. The van der Waals surface area contributed by atoms with Gasteiger partial charge in [-0.2, -0.15) is 0 Å². The van der Waals surface area contributed by atoms with E-state index < -0.39 is 0 Å². The summed E-state index contributed by atoms with van der Waals surface area (Å²) in [6.45, 7) is 5.09. The lowest BCUT2D eigenvalue weighted by Crippen LogP contribution is -2.45. The lowest BCUT2D eigenvalue weighted by molar-refractivity contribution is -0.122. The summed E-state index contributed by atoms with van der Waals surface area (Å²) in [6, 6.07) is 0.232. The predicted molar refractivity (Wildman–Crippen MR) is 82.6 cm³/mol. The highest BCUT2D eigenvalue weighted by atomic mass is 32.1. The maximum atomic E-state index is 12.2. The van der Waals surface area contributed by atoms with Gasteiger partial charge in [0.1, 0.15) is 10.7 Å². The van der Waals surface area contributed by atoms with Gasteiger partial charge in [-0.15, -0.1) is 11.3 Å². The highest BCUT2D eigenvalue weighted by molar-refractivity contribution is 7.18. The first-order chi connectivity index (χ1) is 10.0. The number of nitrogens with one attached hydrogen (secondary N) is 3. The summed E-state index contributed by atoms with van der Waals surface area (Å²) < 4.78 is 0. The first kappa shape index (κ1) is 14.2. The topological polar surface area (TPSA) is 86.9 Å². The van der Waals surface area contributed by atoms with Crippen molar-refractivity contribution in [2.75, 3.05) is 6.54 Å². The lowest BCUT2D eigenvalue weighted by Gasteiger charge is -2.23. The van der Waals surface area contributed by atoms with E-state index in [9.17, 15) is 9.59 Å². The molecule has 0 aromatic carbocycles. The van der Waals surface area contributed by atoms with Gasteiger partial charge in [0.15, 0.2) is 0 Å². The van der Waals surface area contributed by atoms with Gasteiger partial charge in [-0.1, -0.05) is 0 Å². The minimum atomic E-state index is -0.0735. The Balaban J connectivity index is 1.76. The molecular weight excluding hydrogens is 288 g/mol. The third kappa shape index (κ3) is 2.84. The van der Waals surface area contributed by atoms with E-state index in [4.69, 9.17) is 0 Å². The molecular formula is C14H18N4O2S. The summed E-state index contributed by atoms with van der Waals surface area (Å²) in [6.07, 6.45) is 1.36. The number of aryl methyl sites for hydroxylation is 2. The molecule has 1 saturated heterocycles. The fraction of sp³-hybridized carbons (Fsp3) is 0.500. The average molecular weight is 306 g/mol. The largest absolute Gasteiger partial charge is 0.355 e. The van der Waals surface area contributed by atoms with Crippen LogP contribution in [0.1, 0.15) is 29.1 Å². The van der Waals surface area contributed by atoms with Crippen LogP contribution in [0.4, 0.5) is 0 Å². The Labute approximate surface area is 126 Å². The molecule has 1 amide bonds. The fourth-order valence-electron chi connectivity index (χ4n) is 2.53. The number of nitrogens with zero attached hydrogens (tertiary/aromatic N) is 1. The molecule has 7 heteroatoms. The van der Waals surface area contributed by atoms with Gasteiger partial charge < -0.3 is 15.6 Å². The van der Waals surface area contributed by atoms with Gasteiger partial charge in [-0.3, -0.25) is 9.59 Å². The van der Waals surface area contributed by atoms with Crippen molar-refractivity contribution in [1.82, 2.24) is 20.6 Å². The summed E-state index contributed by atoms with van der Waals surface area (Å²) in [5, 5.41) is 6.86. The smallest absolute Gasteiger partial charge is 0.259 e. The lowest BCUT2D eigenvalue weighted by atomic mass is 10.1. The van der Waals surface area contributed by atoms with Crippen LogP contribution in [0.25, 0.3) is 10.2 Å².